The van der Waals surface area contributed by atoms with Crippen molar-refractivity contribution >= 4 is 6.40 Å². The van der Waals surface area contributed by atoms with E-state index >= 15 is 0 Å². The van der Waals surface area contributed by atoms with Gasteiger partial charge in [-0.1, -0.05) is 0 Å². The summed E-state index contributed by atoms with van der Waals surface area (Å²) in [6, 6.07) is 2.82. The Bertz CT molecular complexity index is 351. The minimum atomic E-state index is -0.474. The van der Waals surface area contributed by atoms with Gasteiger partial charge in [0.2, 0.25) is 0 Å². The van der Waals surface area contributed by atoms with Gasteiger partial charge in [0.15, 0.2) is 0 Å². The van der Waals surface area contributed by atoms with Crippen molar-refractivity contribution in [1.29, 1.82) is 0 Å². The molecular weight excluding hydrogens is 176 g/mol. The molecule has 1 aromatic rings. The molecule has 4 heteroatoms. The minimum Gasteiger partial charge on any atom is -0.471 e. The summed E-state index contributed by atoms with van der Waals surface area (Å²) in [7, 11) is 0. The number of halogens is 2. The molecule has 0 amide bonds. The van der Waals surface area contributed by atoms with Crippen LogP contribution in [0.4, 0.5) is 8.78 Å². The fraction of sp³-hybridized carbons (Fsp3) is 0.222. The van der Waals surface area contributed by atoms with Gasteiger partial charge in [-0.05, 0) is 18.2 Å². The summed E-state index contributed by atoms with van der Waals surface area (Å²) >= 11 is 0. The largest absolute Gasteiger partial charge is 0.471 e. The smallest absolute Gasteiger partial charge is 0.273 e. The maximum Gasteiger partial charge on any atom is 0.273 e. The van der Waals surface area contributed by atoms with E-state index in [0.717, 1.165) is 18.2 Å². The van der Waals surface area contributed by atoms with Crippen LogP contribution in [0.5, 0.6) is 0 Å². The molecule has 0 aliphatic carbocycles. The van der Waals surface area contributed by atoms with Crippen molar-refractivity contribution in [1.82, 2.24) is 0 Å². The summed E-state index contributed by atoms with van der Waals surface area (Å²) in [4.78, 5) is 3.73. The SMILES string of the molecule is Fc1ccc(F)c(C2CO[C]=N2)c1. The van der Waals surface area contributed by atoms with Crippen LogP contribution in [-0.2, 0) is 4.74 Å². The number of nitrogens with zero attached hydrogens (tertiary/aromatic N) is 1. The molecule has 1 atom stereocenters. The van der Waals surface area contributed by atoms with Gasteiger partial charge in [-0.2, -0.15) is 0 Å². The van der Waals surface area contributed by atoms with Gasteiger partial charge in [0.25, 0.3) is 6.40 Å². The normalized spacial score (nSPS) is 20.3. The molecule has 0 spiro atoms. The Labute approximate surface area is 73.9 Å². The Morgan fingerprint density at radius 3 is 3.00 bits per heavy atom. The van der Waals surface area contributed by atoms with Gasteiger partial charge < -0.3 is 4.74 Å². The second-order valence-electron chi connectivity index (χ2n) is 2.71. The van der Waals surface area contributed by atoms with Crippen molar-refractivity contribution < 1.29 is 13.5 Å². The van der Waals surface area contributed by atoms with Crippen molar-refractivity contribution in [2.45, 2.75) is 6.04 Å². The molecule has 0 N–H and O–H groups in total. The van der Waals surface area contributed by atoms with E-state index in [1.165, 1.54) is 0 Å². The third-order valence-electron chi connectivity index (χ3n) is 1.83. The van der Waals surface area contributed by atoms with Crippen LogP contribution in [0.3, 0.4) is 0 Å². The Morgan fingerprint density at radius 2 is 2.31 bits per heavy atom. The van der Waals surface area contributed by atoms with Gasteiger partial charge in [-0.25, -0.2) is 13.8 Å². The molecule has 2 nitrogen and oxygen atoms in total. The first kappa shape index (κ1) is 8.16. The van der Waals surface area contributed by atoms with E-state index in [1.54, 1.807) is 0 Å². The van der Waals surface area contributed by atoms with Crippen LogP contribution in [0, 0.1) is 11.6 Å². The van der Waals surface area contributed by atoms with Gasteiger partial charge in [0.05, 0.1) is 0 Å². The number of rotatable bonds is 1. The molecule has 1 aliphatic rings. The fourth-order valence-corrected chi connectivity index (χ4v) is 1.18. The average molecular weight is 182 g/mol. The third-order valence-corrected chi connectivity index (χ3v) is 1.83. The molecule has 0 saturated heterocycles. The summed E-state index contributed by atoms with van der Waals surface area (Å²) < 4.78 is 30.5. The lowest BCUT2D eigenvalue weighted by atomic mass is 10.1. The van der Waals surface area contributed by atoms with Crippen LogP contribution < -0.4 is 0 Å². The number of hydrogen-bond acceptors (Lipinski definition) is 2. The first-order valence-corrected chi connectivity index (χ1v) is 3.79. The van der Waals surface area contributed by atoms with Crippen LogP contribution >= 0.6 is 0 Å². The third kappa shape index (κ3) is 1.52. The van der Waals surface area contributed by atoms with Crippen molar-refractivity contribution in [3.63, 3.8) is 0 Å². The quantitative estimate of drug-likeness (QED) is 0.650. The highest BCUT2D eigenvalue weighted by atomic mass is 19.1. The summed E-state index contributed by atoms with van der Waals surface area (Å²) in [5.74, 6) is -0.944. The molecule has 0 aromatic heterocycles. The molecule has 1 unspecified atom stereocenters. The Kier molecular flexibility index (Phi) is 1.96. The maximum atomic E-state index is 13.1. The molecular formula is C9H6F2NO. The highest BCUT2D eigenvalue weighted by Gasteiger charge is 2.19. The van der Waals surface area contributed by atoms with Gasteiger partial charge in [-0.3, -0.25) is 0 Å². The first-order chi connectivity index (χ1) is 6.27. The standard InChI is InChI=1S/C9H6F2NO/c10-6-1-2-8(11)7(3-6)9-4-13-5-12-9/h1-3,9H,4H2. The number of hydrogen-bond donors (Lipinski definition) is 0. The van der Waals surface area contributed by atoms with E-state index in [9.17, 15) is 8.78 Å². The van der Waals surface area contributed by atoms with Crippen LogP contribution in [0.2, 0.25) is 0 Å². The van der Waals surface area contributed by atoms with E-state index in [2.05, 4.69) is 11.4 Å². The zero-order valence-electron chi connectivity index (χ0n) is 6.63. The zero-order valence-corrected chi connectivity index (χ0v) is 6.63. The van der Waals surface area contributed by atoms with Crippen LogP contribution in [0.15, 0.2) is 23.2 Å². The summed E-state index contributed by atoms with van der Waals surface area (Å²) in [6.45, 7) is 0.223. The lowest BCUT2D eigenvalue weighted by Crippen LogP contribution is -2.01. The number of aliphatic imine (C=N–C) groups is 1. The molecule has 2 rings (SSSR count). The molecule has 0 fully saturated rings. The average Bonchev–Trinajstić information content (AvgIpc) is 2.61. The van der Waals surface area contributed by atoms with Gasteiger partial charge in [0, 0.05) is 5.56 Å². The lowest BCUT2D eigenvalue weighted by Gasteiger charge is -2.06. The van der Waals surface area contributed by atoms with Crippen LogP contribution in [0.25, 0.3) is 0 Å². The lowest BCUT2D eigenvalue weighted by molar-refractivity contribution is 0.327. The van der Waals surface area contributed by atoms with E-state index in [1.807, 2.05) is 0 Å². The summed E-state index contributed by atoms with van der Waals surface area (Å²) in [5, 5.41) is 0. The first-order valence-electron chi connectivity index (χ1n) is 3.79. The van der Waals surface area contributed by atoms with E-state index in [0.29, 0.717) is 0 Å². The van der Waals surface area contributed by atoms with Crippen molar-refractivity contribution in [2.24, 2.45) is 4.99 Å². The Morgan fingerprint density at radius 1 is 1.46 bits per heavy atom. The minimum absolute atomic E-state index is 0.213. The van der Waals surface area contributed by atoms with E-state index < -0.39 is 17.7 Å². The predicted octanol–water partition coefficient (Wildman–Crippen LogP) is 1.94. The monoisotopic (exact) mass is 182 g/mol. The number of ether oxygens (including phenoxy) is 1. The fourth-order valence-electron chi connectivity index (χ4n) is 1.18. The summed E-state index contributed by atoms with van der Waals surface area (Å²) in [6.07, 6.45) is 2.25. The van der Waals surface area contributed by atoms with Crippen molar-refractivity contribution in [3.8, 4) is 0 Å². The molecule has 1 radical (unpaired) electrons. The molecule has 1 aromatic carbocycles. The van der Waals surface area contributed by atoms with Crippen molar-refractivity contribution in [2.75, 3.05) is 6.61 Å². The number of benzene rings is 1. The van der Waals surface area contributed by atoms with Gasteiger partial charge in [0.1, 0.15) is 24.3 Å². The molecule has 67 valence electrons. The van der Waals surface area contributed by atoms with Crippen LogP contribution in [-0.4, -0.2) is 13.0 Å². The van der Waals surface area contributed by atoms with Crippen LogP contribution in [0.1, 0.15) is 11.6 Å². The molecule has 1 heterocycles. The zero-order chi connectivity index (χ0) is 9.26. The highest BCUT2D eigenvalue weighted by Crippen LogP contribution is 2.24. The second-order valence-corrected chi connectivity index (χ2v) is 2.71. The second kappa shape index (κ2) is 3.12. The summed E-state index contributed by atoms with van der Waals surface area (Å²) in [5.41, 5.74) is 0.213. The Balaban J connectivity index is 2.37. The van der Waals surface area contributed by atoms with Crippen molar-refractivity contribution in [3.05, 3.63) is 35.4 Å². The maximum absolute atomic E-state index is 13.1. The predicted molar refractivity (Wildman–Crippen MR) is 42.5 cm³/mol. The Hall–Kier alpha value is -1.45. The molecule has 0 bridgehead atoms. The van der Waals surface area contributed by atoms with Gasteiger partial charge >= 0.3 is 0 Å². The molecule has 0 saturated carbocycles. The molecule has 13 heavy (non-hydrogen) atoms. The topological polar surface area (TPSA) is 21.6 Å². The van der Waals surface area contributed by atoms with Gasteiger partial charge in [-0.15, -0.1) is 0 Å². The van der Waals surface area contributed by atoms with E-state index in [-0.39, 0.29) is 12.2 Å². The molecule has 1 aliphatic heterocycles. The van der Waals surface area contributed by atoms with E-state index in [4.69, 9.17) is 4.74 Å². The highest BCUT2D eigenvalue weighted by molar-refractivity contribution is 5.50.